The van der Waals surface area contributed by atoms with Crippen LogP contribution in [0.1, 0.15) is 36.0 Å². The molecule has 3 heterocycles. The first-order valence-corrected chi connectivity index (χ1v) is 14.4. The van der Waals surface area contributed by atoms with E-state index in [1.165, 1.54) is 35.4 Å². The molecule has 1 saturated heterocycles. The number of benzene rings is 2. The van der Waals surface area contributed by atoms with Gasteiger partial charge in [0.15, 0.2) is 0 Å². The average Bonchev–Trinajstić information content (AvgIpc) is 3.37. The number of likely N-dealkylation sites (tertiary alicyclic amines) is 1. The Morgan fingerprint density at radius 1 is 1.07 bits per heavy atom. The fourth-order valence-electron chi connectivity index (χ4n) is 5.33. The lowest BCUT2D eigenvalue weighted by atomic mass is 9.88. The number of carbonyl (C=O) groups is 1. The first kappa shape index (κ1) is 31.8. The van der Waals surface area contributed by atoms with Gasteiger partial charge in [-0.1, -0.05) is 24.3 Å². The third kappa shape index (κ3) is 8.13. The van der Waals surface area contributed by atoms with Crippen molar-refractivity contribution in [1.29, 1.82) is 0 Å². The van der Waals surface area contributed by atoms with Crippen molar-refractivity contribution in [2.45, 2.75) is 31.5 Å². The molecule has 0 bridgehead atoms. The number of halogens is 5. The van der Waals surface area contributed by atoms with E-state index in [4.69, 9.17) is 4.74 Å². The Kier molecular flexibility index (Phi) is 9.62. The SMILES string of the molecule is CN(C)C(=O)/C=C/CN1CCC[C@@H](Oc2ccc(/C(=C(/CC(F)(F)F)c3ccc(F)cc3)c3ccc4[nH]nc(F)c4c3)cn2)C1. The molecule has 1 aliphatic rings. The number of allylic oxidation sites excluding steroid dienone is 1. The van der Waals surface area contributed by atoms with Crippen molar-refractivity contribution < 1.29 is 31.5 Å². The number of fused-ring (bicyclic) bond motifs is 1. The number of nitrogens with zero attached hydrogens (tertiary/aromatic N) is 4. The molecule has 0 unspecified atom stereocenters. The minimum Gasteiger partial charge on any atom is -0.473 e. The van der Waals surface area contributed by atoms with Crippen molar-refractivity contribution in [3.63, 3.8) is 0 Å². The molecule has 1 aliphatic heterocycles. The van der Waals surface area contributed by atoms with Crippen LogP contribution in [-0.2, 0) is 4.79 Å². The minimum absolute atomic E-state index is 0.0924. The van der Waals surface area contributed by atoms with Crippen LogP contribution in [0.4, 0.5) is 22.0 Å². The summed E-state index contributed by atoms with van der Waals surface area (Å²) in [6.45, 7) is 2.06. The van der Waals surface area contributed by atoms with Gasteiger partial charge in [0.05, 0.1) is 17.3 Å². The monoisotopic (exact) mass is 625 g/mol. The zero-order valence-electron chi connectivity index (χ0n) is 24.7. The number of hydrogen-bond donors (Lipinski definition) is 1. The van der Waals surface area contributed by atoms with Gasteiger partial charge in [-0.3, -0.25) is 14.8 Å². The molecule has 1 N–H and O–H groups in total. The van der Waals surface area contributed by atoms with Crippen LogP contribution in [0.25, 0.3) is 22.0 Å². The van der Waals surface area contributed by atoms with Crippen LogP contribution in [0.3, 0.4) is 0 Å². The highest BCUT2D eigenvalue weighted by atomic mass is 19.4. The normalized spacial score (nSPS) is 16.6. The van der Waals surface area contributed by atoms with E-state index in [1.807, 2.05) is 6.08 Å². The fraction of sp³-hybridized carbons (Fsp3) is 0.303. The zero-order chi connectivity index (χ0) is 32.1. The Bertz CT molecular complexity index is 1700. The number of carbonyl (C=O) groups excluding carboxylic acids is 1. The lowest BCUT2D eigenvalue weighted by Gasteiger charge is -2.31. The molecule has 2 aromatic carbocycles. The van der Waals surface area contributed by atoms with Crippen molar-refractivity contribution in [2.75, 3.05) is 33.7 Å². The van der Waals surface area contributed by atoms with E-state index in [2.05, 4.69) is 20.1 Å². The van der Waals surface area contributed by atoms with Crippen molar-refractivity contribution >= 4 is 28.0 Å². The lowest BCUT2D eigenvalue weighted by molar-refractivity contribution is -0.124. The van der Waals surface area contributed by atoms with Gasteiger partial charge in [0, 0.05) is 51.1 Å². The van der Waals surface area contributed by atoms with Crippen LogP contribution in [-0.4, -0.2) is 76.9 Å². The third-order valence-electron chi connectivity index (χ3n) is 7.52. The van der Waals surface area contributed by atoms with Gasteiger partial charge in [-0.15, -0.1) is 5.10 Å². The van der Waals surface area contributed by atoms with E-state index < -0.39 is 24.4 Å². The Balaban J connectivity index is 1.46. The number of aromatic nitrogens is 3. The Labute approximate surface area is 257 Å². The molecular weight excluding hydrogens is 593 g/mol. The van der Waals surface area contributed by atoms with E-state index >= 15 is 0 Å². The van der Waals surface area contributed by atoms with E-state index in [1.54, 1.807) is 38.4 Å². The van der Waals surface area contributed by atoms with Crippen molar-refractivity contribution in [2.24, 2.45) is 0 Å². The zero-order valence-corrected chi connectivity index (χ0v) is 24.7. The highest BCUT2D eigenvalue weighted by molar-refractivity contribution is 6.00. The summed E-state index contributed by atoms with van der Waals surface area (Å²) < 4.78 is 76.3. The van der Waals surface area contributed by atoms with Crippen molar-refractivity contribution in [3.05, 3.63) is 101 Å². The first-order valence-electron chi connectivity index (χ1n) is 14.4. The number of aromatic amines is 1. The van der Waals surface area contributed by atoms with E-state index in [0.29, 0.717) is 35.6 Å². The minimum atomic E-state index is -4.60. The Morgan fingerprint density at radius 3 is 2.49 bits per heavy atom. The predicted octanol–water partition coefficient (Wildman–Crippen LogP) is 6.64. The van der Waals surface area contributed by atoms with Crippen LogP contribution < -0.4 is 4.74 Å². The molecule has 1 atom stereocenters. The van der Waals surface area contributed by atoms with Crippen LogP contribution in [0, 0.1) is 11.8 Å². The number of ether oxygens (including phenoxy) is 1. The Morgan fingerprint density at radius 2 is 1.80 bits per heavy atom. The van der Waals surface area contributed by atoms with Crippen LogP contribution in [0.15, 0.2) is 72.9 Å². The number of nitrogens with one attached hydrogen (secondary N) is 1. The fourth-order valence-corrected chi connectivity index (χ4v) is 5.33. The van der Waals surface area contributed by atoms with Crippen molar-refractivity contribution in [3.8, 4) is 5.88 Å². The number of pyridine rings is 1. The maximum atomic E-state index is 14.4. The first-order chi connectivity index (χ1) is 21.5. The summed E-state index contributed by atoms with van der Waals surface area (Å²) in [5.41, 5.74) is 1.26. The van der Waals surface area contributed by atoms with Gasteiger partial charge in [-0.05, 0) is 72.0 Å². The number of likely N-dealkylation sites (N-methyl/N-ethyl adjacent to an activating group) is 1. The molecule has 236 valence electrons. The van der Waals surface area contributed by atoms with Gasteiger partial charge < -0.3 is 9.64 Å². The summed E-state index contributed by atoms with van der Waals surface area (Å²) in [5.74, 6) is -1.16. The highest BCUT2D eigenvalue weighted by Crippen LogP contribution is 2.40. The molecule has 45 heavy (non-hydrogen) atoms. The van der Waals surface area contributed by atoms with Gasteiger partial charge >= 0.3 is 6.18 Å². The molecule has 0 saturated carbocycles. The maximum absolute atomic E-state index is 14.4. The summed E-state index contributed by atoms with van der Waals surface area (Å²) in [7, 11) is 3.37. The smallest absolute Gasteiger partial charge is 0.393 e. The van der Waals surface area contributed by atoms with Crippen LogP contribution >= 0.6 is 0 Å². The number of H-pyrrole nitrogens is 1. The second-order valence-electron chi connectivity index (χ2n) is 11.1. The van der Waals surface area contributed by atoms with Gasteiger partial charge in [0.1, 0.15) is 11.9 Å². The number of alkyl halides is 3. The Hall–Kier alpha value is -4.58. The molecule has 12 heteroatoms. The third-order valence-corrected chi connectivity index (χ3v) is 7.52. The predicted molar refractivity (Wildman–Crippen MR) is 161 cm³/mol. The molecule has 1 fully saturated rings. The molecule has 5 rings (SSSR count). The second kappa shape index (κ2) is 13.6. The topological polar surface area (TPSA) is 74.3 Å². The molecule has 0 spiro atoms. The summed E-state index contributed by atoms with van der Waals surface area (Å²) in [6.07, 6.45) is 0.375. The number of amides is 1. The van der Waals surface area contributed by atoms with Gasteiger partial charge in [-0.25, -0.2) is 9.37 Å². The summed E-state index contributed by atoms with van der Waals surface area (Å²) in [4.78, 5) is 19.9. The number of hydrogen-bond acceptors (Lipinski definition) is 5. The molecule has 4 aromatic rings. The average molecular weight is 626 g/mol. The highest BCUT2D eigenvalue weighted by Gasteiger charge is 2.32. The number of rotatable bonds is 9. The molecule has 7 nitrogen and oxygen atoms in total. The van der Waals surface area contributed by atoms with Gasteiger partial charge in [-0.2, -0.15) is 17.6 Å². The molecule has 0 aliphatic carbocycles. The van der Waals surface area contributed by atoms with E-state index in [9.17, 15) is 26.7 Å². The van der Waals surface area contributed by atoms with Gasteiger partial charge in [0.2, 0.25) is 17.7 Å². The molecular formula is C33H32F5N5O2. The van der Waals surface area contributed by atoms with Gasteiger partial charge in [0.25, 0.3) is 0 Å². The quantitative estimate of drug-likeness (QED) is 0.128. The second-order valence-corrected chi connectivity index (χ2v) is 11.1. The number of piperidine rings is 1. The maximum Gasteiger partial charge on any atom is 0.393 e. The molecule has 0 radical (unpaired) electrons. The van der Waals surface area contributed by atoms with Crippen molar-refractivity contribution in [1.82, 2.24) is 25.0 Å². The summed E-state index contributed by atoms with van der Waals surface area (Å²) >= 11 is 0. The molecule has 1 amide bonds. The molecule has 2 aromatic heterocycles. The van der Waals surface area contributed by atoms with E-state index in [-0.39, 0.29) is 34.1 Å². The standard InChI is InChI=1S/C33H32F5N5O2/c1-42(2)30(44)6-4-16-43-15-3-5-25(20-43)45-29-14-10-23(19-39-29)31(22-9-13-28-26(17-22)32(35)41-40-28)27(18-33(36,37)38)21-7-11-24(34)12-8-21/h4,6-14,17,19,25H,3,5,15-16,18,20H2,1-2H3,(H,40,41)/b6-4+,31-27-/t25-/m1/s1. The summed E-state index contributed by atoms with van der Waals surface area (Å²) in [5, 5.41) is 6.23. The lowest BCUT2D eigenvalue weighted by Crippen LogP contribution is -2.41. The van der Waals surface area contributed by atoms with E-state index in [0.717, 1.165) is 31.5 Å². The van der Waals surface area contributed by atoms with Crippen LogP contribution in [0.5, 0.6) is 5.88 Å². The van der Waals surface area contributed by atoms with Crippen LogP contribution in [0.2, 0.25) is 0 Å². The largest absolute Gasteiger partial charge is 0.473 e. The summed E-state index contributed by atoms with van der Waals surface area (Å²) in [6, 6.07) is 12.5.